The molecule has 0 aliphatic carbocycles. The van der Waals surface area contributed by atoms with Gasteiger partial charge in [0, 0.05) is 0 Å². The van der Waals surface area contributed by atoms with Crippen LogP contribution in [-0.4, -0.2) is 30.1 Å². The van der Waals surface area contributed by atoms with Crippen LogP contribution < -0.4 is 9.46 Å². The first-order valence-corrected chi connectivity index (χ1v) is 11.4. The number of methoxy groups -OCH3 is 1. The minimum Gasteiger partial charge on any atom is -0.495 e. The Morgan fingerprint density at radius 3 is 2.24 bits per heavy atom. The number of fused-ring (bicyclic) bond motifs is 2. The fourth-order valence-electron chi connectivity index (χ4n) is 3.68. The van der Waals surface area contributed by atoms with E-state index in [0.29, 0.717) is 28.1 Å². The van der Waals surface area contributed by atoms with E-state index in [4.69, 9.17) is 9.72 Å². The SMILES string of the molecule is COc1ccccc1-n1c(NS(=O)(=O)c2ccccc2)c(C#N)c2nc3ccccc3nc21. The van der Waals surface area contributed by atoms with E-state index in [1.807, 2.05) is 12.1 Å². The first-order valence-electron chi connectivity index (χ1n) is 9.96. The van der Waals surface area contributed by atoms with E-state index in [9.17, 15) is 13.7 Å². The van der Waals surface area contributed by atoms with Crippen LogP contribution >= 0.6 is 0 Å². The summed E-state index contributed by atoms with van der Waals surface area (Å²) >= 11 is 0. The van der Waals surface area contributed by atoms with Crippen molar-refractivity contribution in [1.29, 1.82) is 5.26 Å². The summed E-state index contributed by atoms with van der Waals surface area (Å²) in [5.74, 6) is 0.519. The van der Waals surface area contributed by atoms with Crippen LogP contribution in [-0.2, 0) is 10.0 Å². The lowest BCUT2D eigenvalue weighted by Crippen LogP contribution is -2.16. The number of para-hydroxylation sites is 4. The number of rotatable bonds is 5. The van der Waals surface area contributed by atoms with Gasteiger partial charge in [0.2, 0.25) is 0 Å². The largest absolute Gasteiger partial charge is 0.495 e. The maximum atomic E-state index is 13.2. The molecule has 0 radical (unpaired) electrons. The van der Waals surface area contributed by atoms with Crippen LogP contribution in [0.3, 0.4) is 0 Å². The summed E-state index contributed by atoms with van der Waals surface area (Å²) in [6, 6.07) is 24.4. The number of hydrogen-bond donors (Lipinski definition) is 1. The Morgan fingerprint density at radius 2 is 1.55 bits per heavy atom. The average molecular weight is 455 g/mol. The fourth-order valence-corrected chi connectivity index (χ4v) is 4.76. The predicted octanol–water partition coefficient (Wildman–Crippen LogP) is 4.25. The van der Waals surface area contributed by atoms with Crippen molar-refractivity contribution in [2.45, 2.75) is 4.90 Å². The topological polar surface area (TPSA) is 110 Å². The molecule has 162 valence electrons. The van der Waals surface area contributed by atoms with Crippen molar-refractivity contribution in [3.05, 3.63) is 84.4 Å². The molecule has 0 saturated heterocycles. The van der Waals surface area contributed by atoms with E-state index < -0.39 is 10.0 Å². The highest BCUT2D eigenvalue weighted by atomic mass is 32.2. The molecular formula is C24H17N5O3S. The lowest BCUT2D eigenvalue weighted by atomic mass is 10.2. The molecule has 0 amide bonds. The molecule has 0 fully saturated rings. The third kappa shape index (κ3) is 3.43. The molecule has 8 nitrogen and oxygen atoms in total. The molecule has 1 N–H and O–H groups in total. The van der Waals surface area contributed by atoms with Gasteiger partial charge in [-0.15, -0.1) is 0 Å². The second-order valence-electron chi connectivity index (χ2n) is 7.15. The Hall–Kier alpha value is -4.42. The van der Waals surface area contributed by atoms with Crippen molar-refractivity contribution in [1.82, 2.24) is 14.5 Å². The van der Waals surface area contributed by atoms with Crippen molar-refractivity contribution in [2.75, 3.05) is 11.8 Å². The average Bonchev–Trinajstić information content (AvgIpc) is 3.13. The van der Waals surface area contributed by atoms with Gasteiger partial charge in [-0.2, -0.15) is 5.26 Å². The molecular weight excluding hydrogens is 438 g/mol. The van der Waals surface area contributed by atoms with Crippen LogP contribution in [0.5, 0.6) is 5.75 Å². The number of hydrogen-bond acceptors (Lipinski definition) is 6. The lowest BCUT2D eigenvalue weighted by Gasteiger charge is -2.15. The maximum absolute atomic E-state index is 13.2. The molecule has 2 aromatic heterocycles. The quantitative estimate of drug-likeness (QED) is 0.424. The monoisotopic (exact) mass is 455 g/mol. The molecule has 0 aliphatic rings. The smallest absolute Gasteiger partial charge is 0.263 e. The summed E-state index contributed by atoms with van der Waals surface area (Å²) in [7, 11) is -2.49. The molecule has 33 heavy (non-hydrogen) atoms. The Labute approximate surface area is 189 Å². The van der Waals surface area contributed by atoms with Gasteiger partial charge in [-0.05, 0) is 36.4 Å². The van der Waals surface area contributed by atoms with E-state index in [-0.39, 0.29) is 21.8 Å². The molecule has 0 bridgehead atoms. The highest BCUT2D eigenvalue weighted by Gasteiger charge is 2.27. The molecule has 5 aromatic rings. The van der Waals surface area contributed by atoms with Gasteiger partial charge in [0.05, 0.1) is 28.7 Å². The van der Waals surface area contributed by atoms with E-state index in [2.05, 4.69) is 15.8 Å². The minimum atomic E-state index is -4.01. The Morgan fingerprint density at radius 1 is 0.909 bits per heavy atom. The maximum Gasteiger partial charge on any atom is 0.263 e. The molecule has 2 heterocycles. The van der Waals surface area contributed by atoms with Crippen LogP contribution in [0.2, 0.25) is 0 Å². The van der Waals surface area contributed by atoms with E-state index in [1.165, 1.54) is 19.2 Å². The van der Waals surface area contributed by atoms with Crippen molar-refractivity contribution in [2.24, 2.45) is 0 Å². The number of sulfonamides is 1. The van der Waals surface area contributed by atoms with Gasteiger partial charge < -0.3 is 4.74 Å². The van der Waals surface area contributed by atoms with Gasteiger partial charge in [0.1, 0.15) is 28.7 Å². The first kappa shape index (κ1) is 20.5. The van der Waals surface area contributed by atoms with Crippen molar-refractivity contribution >= 4 is 38.0 Å². The molecule has 3 aromatic carbocycles. The molecule has 0 atom stereocenters. The van der Waals surface area contributed by atoms with Crippen LogP contribution in [0.4, 0.5) is 5.82 Å². The third-order valence-electron chi connectivity index (χ3n) is 5.18. The van der Waals surface area contributed by atoms with Gasteiger partial charge in [0.15, 0.2) is 5.65 Å². The summed E-state index contributed by atoms with van der Waals surface area (Å²) in [5, 5.41) is 10.0. The Kier molecular flexibility index (Phi) is 4.92. The summed E-state index contributed by atoms with van der Waals surface area (Å²) in [5.41, 5.74) is 2.40. The van der Waals surface area contributed by atoms with Crippen LogP contribution in [0.1, 0.15) is 5.56 Å². The number of benzene rings is 3. The zero-order valence-corrected chi connectivity index (χ0v) is 18.2. The van der Waals surface area contributed by atoms with Crippen molar-refractivity contribution < 1.29 is 13.2 Å². The number of nitrogens with zero attached hydrogens (tertiary/aromatic N) is 4. The minimum absolute atomic E-state index is 0.0381. The second-order valence-corrected chi connectivity index (χ2v) is 8.83. The highest BCUT2D eigenvalue weighted by Crippen LogP contribution is 2.36. The summed E-state index contributed by atoms with van der Waals surface area (Å²) in [4.78, 5) is 9.42. The number of aromatic nitrogens is 3. The lowest BCUT2D eigenvalue weighted by molar-refractivity contribution is 0.413. The second kappa shape index (κ2) is 7.93. The number of nitriles is 1. The van der Waals surface area contributed by atoms with Gasteiger partial charge in [-0.25, -0.2) is 18.4 Å². The number of anilines is 1. The third-order valence-corrected chi connectivity index (χ3v) is 6.54. The molecule has 0 aliphatic heterocycles. The van der Waals surface area contributed by atoms with Gasteiger partial charge in [0.25, 0.3) is 10.0 Å². The standard InChI is InChI=1S/C24H17N5O3S/c1-32-21-14-8-7-13-20(21)29-23(28-33(30,31)16-9-3-2-4-10-16)17(15-25)22-24(29)27-19-12-6-5-11-18(19)26-22/h2-14,28H,1H3. The molecule has 0 spiro atoms. The normalized spacial score (nSPS) is 11.4. The van der Waals surface area contributed by atoms with Gasteiger partial charge >= 0.3 is 0 Å². The Bertz CT molecular complexity index is 1650. The molecule has 0 saturated carbocycles. The van der Waals surface area contributed by atoms with Crippen LogP contribution in [0.15, 0.2) is 83.8 Å². The van der Waals surface area contributed by atoms with Crippen LogP contribution in [0.25, 0.3) is 27.9 Å². The van der Waals surface area contributed by atoms with Crippen molar-refractivity contribution in [3.8, 4) is 17.5 Å². The van der Waals surface area contributed by atoms with Crippen LogP contribution in [0, 0.1) is 11.3 Å². The number of ether oxygens (including phenoxy) is 1. The molecule has 9 heteroatoms. The molecule has 5 rings (SSSR count). The first-order chi connectivity index (χ1) is 16.0. The zero-order chi connectivity index (χ0) is 23.0. The van der Waals surface area contributed by atoms with Crippen molar-refractivity contribution in [3.63, 3.8) is 0 Å². The highest BCUT2D eigenvalue weighted by molar-refractivity contribution is 7.92. The fraction of sp³-hybridized carbons (Fsp3) is 0.0417. The number of nitrogens with one attached hydrogen (secondary N) is 1. The zero-order valence-electron chi connectivity index (χ0n) is 17.4. The summed E-state index contributed by atoms with van der Waals surface area (Å²) in [6.45, 7) is 0. The van der Waals surface area contributed by atoms with Gasteiger partial charge in [-0.1, -0.05) is 42.5 Å². The summed E-state index contributed by atoms with van der Waals surface area (Å²) in [6.07, 6.45) is 0. The molecule has 0 unspecified atom stereocenters. The van der Waals surface area contributed by atoms with E-state index >= 15 is 0 Å². The van der Waals surface area contributed by atoms with E-state index in [0.717, 1.165) is 0 Å². The predicted molar refractivity (Wildman–Crippen MR) is 125 cm³/mol. The summed E-state index contributed by atoms with van der Waals surface area (Å²) < 4.78 is 36.1. The van der Waals surface area contributed by atoms with E-state index in [1.54, 1.807) is 59.2 Å². The van der Waals surface area contributed by atoms with Gasteiger partial charge in [-0.3, -0.25) is 9.29 Å². The Balaban J connectivity index is 1.87.